The van der Waals surface area contributed by atoms with E-state index >= 15 is 0 Å². The molecule has 0 aliphatic heterocycles. The van der Waals surface area contributed by atoms with Gasteiger partial charge in [0.1, 0.15) is 18.0 Å². The lowest BCUT2D eigenvalue weighted by Crippen LogP contribution is -2.37. The number of hydrogen-bond acceptors (Lipinski definition) is 4. The van der Waals surface area contributed by atoms with E-state index in [1.165, 1.54) is 5.56 Å². The Balaban J connectivity index is 2.01. The van der Waals surface area contributed by atoms with Crippen LogP contribution in [0.15, 0.2) is 24.3 Å². The van der Waals surface area contributed by atoms with E-state index in [4.69, 9.17) is 9.47 Å². The molecule has 21 heavy (non-hydrogen) atoms. The number of alkyl carbamates (subject to hydrolysis) is 1. The zero-order valence-electron chi connectivity index (χ0n) is 13.4. The Labute approximate surface area is 127 Å². The third kappa shape index (κ3) is 8.92. The summed E-state index contributed by atoms with van der Waals surface area (Å²) >= 11 is 0. The molecule has 2 N–H and O–H groups in total. The number of carbonyl (C=O) groups is 1. The van der Waals surface area contributed by atoms with Gasteiger partial charge < -0.3 is 20.1 Å². The molecule has 1 amide bonds. The lowest BCUT2D eigenvalue weighted by atomic mass is 10.2. The van der Waals surface area contributed by atoms with Crippen molar-refractivity contribution in [2.24, 2.45) is 0 Å². The van der Waals surface area contributed by atoms with E-state index < -0.39 is 5.60 Å². The third-order valence-electron chi connectivity index (χ3n) is 2.51. The summed E-state index contributed by atoms with van der Waals surface area (Å²) in [6.07, 6.45) is -0.389. The monoisotopic (exact) mass is 294 g/mol. The molecular formula is C16H26N2O3. The van der Waals surface area contributed by atoms with Crippen molar-refractivity contribution in [2.75, 3.05) is 26.2 Å². The molecule has 0 bridgehead atoms. The molecule has 0 fully saturated rings. The zero-order chi connectivity index (χ0) is 15.7. The Morgan fingerprint density at radius 3 is 2.62 bits per heavy atom. The van der Waals surface area contributed by atoms with Gasteiger partial charge in [-0.3, -0.25) is 0 Å². The topological polar surface area (TPSA) is 59.6 Å². The summed E-state index contributed by atoms with van der Waals surface area (Å²) in [5, 5.41) is 5.88. The lowest BCUT2D eigenvalue weighted by molar-refractivity contribution is 0.0528. The molecule has 1 aromatic carbocycles. The summed E-state index contributed by atoms with van der Waals surface area (Å²) < 4.78 is 10.7. The summed E-state index contributed by atoms with van der Waals surface area (Å²) in [6, 6.07) is 7.96. The van der Waals surface area contributed by atoms with Crippen LogP contribution in [0.25, 0.3) is 0 Å². The maximum absolute atomic E-state index is 11.4. The molecule has 0 radical (unpaired) electrons. The average Bonchev–Trinajstić information content (AvgIpc) is 2.35. The molecule has 0 heterocycles. The van der Waals surface area contributed by atoms with Gasteiger partial charge >= 0.3 is 6.09 Å². The van der Waals surface area contributed by atoms with Gasteiger partial charge in [0.2, 0.25) is 0 Å². The second kappa shape index (κ2) is 8.52. The number of carbonyl (C=O) groups excluding carboxylic acids is 1. The van der Waals surface area contributed by atoms with Crippen molar-refractivity contribution >= 4 is 6.09 Å². The number of amides is 1. The quantitative estimate of drug-likeness (QED) is 0.759. The molecule has 0 saturated carbocycles. The predicted octanol–water partition coefficient (Wildman–Crippen LogP) is 2.49. The molecule has 5 nitrogen and oxygen atoms in total. The van der Waals surface area contributed by atoms with E-state index in [-0.39, 0.29) is 6.09 Å². The van der Waals surface area contributed by atoms with Crippen LogP contribution in [-0.4, -0.2) is 37.9 Å². The van der Waals surface area contributed by atoms with Gasteiger partial charge in [-0.15, -0.1) is 0 Å². The van der Waals surface area contributed by atoms with Crippen LogP contribution in [0.3, 0.4) is 0 Å². The number of aryl methyl sites for hydroxylation is 1. The van der Waals surface area contributed by atoms with Gasteiger partial charge in [-0.1, -0.05) is 12.1 Å². The Morgan fingerprint density at radius 1 is 1.19 bits per heavy atom. The first-order valence-electron chi connectivity index (χ1n) is 7.24. The Bertz CT molecular complexity index is 441. The molecule has 0 spiro atoms. The van der Waals surface area contributed by atoms with E-state index in [0.29, 0.717) is 19.7 Å². The predicted molar refractivity (Wildman–Crippen MR) is 83.8 cm³/mol. The molecule has 118 valence electrons. The zero-order valence-corrected chi connectivity index (χ0v) is 13.4. The summed E-state index contributed by atoms with van der Waals surface area (Å²) in [4.78, 5) is 11.4. The SMILES string of the molecule is Cc1cccc(OCCNCCNC(=O)OC(C)(C)C)c1. The fourth-order valence-corrected chi connectivity index (χ4v) is 1.64. The molecule has 0 aliphatic carbocycles. The number of hydrogen-bond donors (Lipinski definition) is 2. The molecule has 1 aromatic rings. The van der Waals surface area contributed by atoms with Gasteiger partial charge in [-0.25, -0.2) is 4.79 Å². The summed E-state index contributed by atoms with van der Waals surface area (Å²) in [5.41, 5.74) is 0.723. The third-order valence-corrected chi connectivity index (χ3v) is 2.51. The highest BCUT2D eigenvalue weighted by Crippen LogP contribution is 2.11. The molecular weight excluding hydrogens is 268 g/mol. The van der Waals surface area contributed by atoms with Crippen molar-refractivity contribution in [3.05, 3.63) is 29.8 Å². The molecule has 0 unspecified atom stereocenters. The van der Waals surface area contributed by atoms with Crippen molar-refractivity contribution in [2.45, 2.75) is 33.3 Å². The minimum atomic E-state index is -0.459. The van der Waals surface area contributed by atoms with E-state index in [0.717, 1.165) is 12.3 Å². The van der Waals surface area contributed by atoms with Crippen molar-refractivity contribution in [1.82, 2.24) is 10.6 Å². The number of rotatable bonds is 7. The van der Waals surface area contributed by atoms with Gasteiger partial charge in [0.25, 0.3) is 0 Å². The van der Waals surface area contributed by atoms with E-state index in [1.807, 2.05) is 52.0 Å². The first-order chi connectivity index (χ1) is 9.87. The average molecular weight is 294 g/mol. The first-order valence-corrected chi connectivity index (χ1v) is 7.24. The maximum atomic E-state index is 11.4. The Hall–Kier alpha value is -1.75. The first kappa shape index (κ1) is 17.3. The van der Waals surface area contributed by atoms with Crippen molar-refractivity contribution in [3.63, 3.8) is 0 Å². The molecule has 0 saturated heterocycles. The van der Waals surface area contributed by atoms with Gasteiger partial charge in [0, 0.05) is 19.6 Å². The summed E-state index contributed by atoms with van der Waals surface area (Å²) in [6.45, 7) is 10.1. The van der Waals surface area contributed by atoms with Crippen LogP contribution in [0.1, 0.15) is 26.3 Å². The highest BCUT2D eigenvalue weighted by atomic mass is 16.6. The number of ether oxygens (including phenoxy) is 2. The van der Waals surface area contributed by atoms with Crippen LogP contribution in [0, 0.1) is 6.92 Å². The van der Waals surface area contributed by atoms with Crippen LogP contribution in [-0.2, 0) is 4.74 Å². The smallest absolute Gasteiger partial charge is 0.407 e. The fourth-order valence-electron chi connectivity index (χ4n) is 1.64. The van der Waals surface area contributed by atoms with Crippen molar-refractivity contribution < 1.29 is 14.3 Å². The minimum absolute atomic E-state index is 0.389. The number of nitrogens with one attached hydrogen (secondary N) is 2. The standard InChI is InChI=1S/C16H26N2O3/c1-13-6-5-7-14(12-13)20-11-10-17-8-9-18-15(19)21-16(2,3)4/h5-7,12,17H,8-11H2,1-4H3,(H,18,19). The molecule has 0 aromatic heterocycles. The second-order valence-corrected chi connectivity index (χ2v) is 5.84. The molecule has 5 heteroatoms. The van der Waals surface area contributed by atoms with Crippen molar-refractivity contribution in [3.8, 4) is 5.75 Å². The van der Waals surface area contributed by atoms with Crippen LogP contribution in [0.2, 0.25) is 0 Å². The Kier molecular flexibility index (Phi) is 7.02. The van der Waals surface area contributed by atoms with Gasteiger partial charge in [0.15, 0.2) is 0 Å². The van der Waals surface area contributed by atoms with Crippen LogP contribution < -0.4 is 15.4 Å². The maximum Gasteiger partial charge on any atom is 0.407 e. The minimum Gasteiger partial charge on any atom is -0.492 e. The largest absolute Gasteiger partial charge is 0.492 e. The van der Waals surface area contributed by atoms with E-state index in [1.54, 1.807) is 0 Å². The molecule has 0 aliphatic rings. The number of benzene rings is 1. The van der Waals surface area contributed by atoms with E-state index in [2.05, 4.69) is 10.6 Å². The highest BCUT2D eigenvalue weighted by Gasteiger charge is 2.15. The fraction of sp³-hybridized carbons (Fsp3) is 0.562. The lowest BCUT2D eigenvalue weighted by Gasteiger charge is -2.19. The molecule has 1 rings (SSSR count). The van der Waals surface area contributed by atoms with Gasteiger partial charge in [-0.2, -0.15) is 0 Å². The Morgan fingerprint density at radius 2 is 1.95 bits per heavy atom. The highest BCUT2D eigenvalue weighted by molar-refractivity contribution is 5.67. The van der Waals surface area contributed by atoms with Crippen molar-refractivity contribution in [1.29, 1.82) is 0 Å². The van der Waals surface area contributed by atoms with Gasteiger partial charge in [0.05, 0.1) is 0 Å². The van der Waals surface area contributed by atoms with Crippen LogP contribution in [0.4, 0.5) is 4.79 Å². The second-order valence-electron chi connectivity index (χ2n) is 5.84. The summed E-state index contributed by atoms with van der Waals surface area (Å²) in [5.74, 6) is 0.878. The normalized spacial score (nSPS) is 11.0. The van der Waals surface area contributed by atoms with Crippen LogP contribution in [0.5, 0.6) is 5.75 Å². The van der Waals surface area contributed by atoms with Crippen LogP contribution >= 0.6 is 0 Å². The molecule has 0 atom stereocenters. The van der Waals surface area contributed by atoms with E-state index in [9.17, 15) is 4.79 Å². The van der Waals surface area contributed by atoms with Gasteiger partial charge in [-0.05, 0) is 45.4 Å². The summed E-state index contributed by atoms with van der Waals surface area (Å²) in [7, 11) is 0.